The molecule has 0 amide bonds. The number of hydrogen-bond acceptors (Lipinski definition) is 1. The molecule has 1 nitrogen and oxygen atoms in total. The SMILES string of the molecule is CCCCC(CC)[CH2][Sn][CH3].CCCCCOCCCCC. The van der Waals surface area contributed by atoms with Crippen LogP contribution < -0.4 is 0 Å². The van der Waals surface area contributed by atoms with Gasteiger partial charge in [0.05, 0.1) is 0 Å². The third-order valence-corrected chi connectivity index (χ3v) is 6.63. The molecular formula is C19H42OSn. The summed E-state index contributed by atoms with van der Waals surface area (Å²) < 4.78 is 7.05. The molecule has 21 heavy (non-hydrogen) atoms. The topological polar surface area (TPSA) is 9.23 Å². The summed E-state index contributed by atoms with van der Waals surface area (Å²) in [6, 6.07) is 0. The minimum Gasteiger partial charge on any atom is -0.381 e. The number of unbranched alkanes of at least 4 members (excludes halogenated alkanes) is 5. The van der Waals surface area contributed by atoms with E-state index >= 15 is 0 Å². The summed E-state index contributed by atoms with van der Waals surface area (Å²) in [7, 11) is 0. The standard InChI is InChI=1S/C10H22O.C8H17.CH3.Sn/c1-3-5-7-9-11-10-8-6-4-2;1-4-6-7-8(3)5-2;;/h3-10H2,1-2H3;8H,3-7H2,1-2H3;1H3;. The normalized spacial score (nSPS) is 11.9. The van der Waals surface area contributed by atoms with Gasteiger partial charge in [0.15, 0.2) is 0 Å². The quantitative estimate of drug-likeness (QED) is 0.229. The van der Waals surface area contributed by atoms with Gasteiger partial charge in [-0.15, -0.1) is 0 Å². The summed E-state index contributed by atoms with van der Waals surface area (Å²) >= 11 is 0.0956. The zero-order chi connectivity index (χ0) is 16.2. The van der Waals surface area contributed by atoms with Crippen LogP contribution in [0.15, 0.2) is 0 Å². The summed E-state index contributed by atoms with van der Waals surface area (Å²) in [5.74, 6) is 1.09. The van der Waals surface area contributed by atoms with Crippen molar-refractivity contribution in [3.05, 3.63) is 0 Å². The summed E-state index contributed by atoms with van der Waals surface area (Å²) in [5, 5.41) is 0. The first-order valence-corrected chi connectivity index (χ1v) is 14.4. The van der Waals surface area contributed by atoms with E-state index in [0.717, 1.165) is 19.1 Å². The monoisotopic (exact) mass is 406 g/mol. The molecule has 0 saturated heterocycles. The van der Waals surface area contributed by atoms with E-state index in [1.807, 2.05) is 0 Å². The molecule has 0 N–H and O–H groups in total. The van der Waals surface area contributed by atoms with E-state index in [1.165, 1.54) is 64.2 Å². The number of rotatable bonds is 14. The van der Waals surface area contributed by atoms with Crippen LogP contribution in [0.4, 0.5) is 0 Å². The van der Waals surface area contributed by atoms with Crippen molar-refractivity contribution in [3.63, 3.8) is 0 Å². The molecule has 0 rings (SSSR count). The van der Waals surface area contributed by atoms with Crippen LogP contribution in [0.1, 0.15) is 91.9 Å². The molecule has 1 unspecified atom stereocenters. The Labute approximate surface area is 146 Å². The fraction of sp³-hybridized carbons (Fsp3) is 1.00. The van der Waals surface area contributed by atoms with Crippen molar-refractivity contribution < 1.29 is 4.74 Å². The van der Waals surface area contributed by atoms with Crippen LogP contribution in [0.3, 0.4) is 0 Å². The Morgan fingerprint density at radius 1 is 0.762 bits per heavy atom. The molecular weight excluding hydrogens is 363 g/mol. The minimum absolute atomic E-state index is 0.0956. The zero-order valence-corrected chi connectivity index (χ0v) is 18.5. The van der Waals surface area contributed by atoms with E-state index in [9.17, 15) is 0 Å². The van der Waals surface area contributed by atoms with Gasteiger partial charge in [0.1, 0.15) is 0 Å². The molecule has 0 aliphatic heterocycles. The first-order chi connectivity index (χ1) is 10.3. The predicted octanol–water partition coefficient (Wildman–Crippen LogP) is 6.76. The largest absolute Gasteiger partial charge is 0.381 e. The van der Waals surface area contributed by atoms with Crippen LogP contribution in [0.5, 0.6) is 0 Å². The molecule has 0 aromatic rings. The Balaban J connectivity index is 0. The van der Waals surface area contributed by atoms with E-state index in [2.05, 4.69) is 32.6 Å². The summed E-state index contributed by atoms with van der Waals surface area (Å²) in [6.45, 7) is 11.0. The molecule has 0 aromatic heterocycles. The van der Waals surface area contributed by atoms with Crippen molar-refractivity contribution in [3.8, 4) is 0 Å². The van der Waals surface area contributed by atoms with Crippen LogP contribution in [0.25, 0.3) is 0 Å². The van der Waals surface area contributed by atoms with E-state index in [1.54, 1.807) is 4.44 Å². The molecule has 0 aliphatic rings. The average molecular weight is 405 g/mol. The van der Waals surface area contributed by atoms with Crippen molar-refractivity contribution >= 4 is 21.1 Å². The summed E-state index contributed by atoms with van der Waals surface area (Å²) in [5.41, 5.74) is 0. The third-order valence-electron chi connectivity index (χ3n) is 3.82. The molecule has 0 heterocycles. The predicted molar refractivity (Wildman–Crippen MR) is 99.6 cm³/mol. The molecule has 0 fully saturated rings. The molecule has 2 heteroatoms. The first kappa shape index (κ1) is 24.0. The van der Waals surface area contributed by atoms with Gasteiger partial charge in [0, 0.05) is 13.2 Å². The number of hydrogen-bond donors (Lipinski definition) is 0. The van der Waals surface area contributed by atoms with Crippen LogP contribution in [-0.4, -0.2) is 34.4 Å². The molecule has 128 valence electrons. The summed E-state index contributed by atoms with van der Waals surface area (Å²) in [6.07, 6.45) is 13.4. The Morgan fingerprint density at radius 2 is 1.29 bits per heavy atom. The van der Waals surface area contributed by atoms with Crippen LogP contribution in [0, 0.1) is 5.92 Å². The zero-order valence-electron chi connectivity index (χ0n) is 15.7. The molecule has 0 bridgehead atoms. The second kappa shape index (κ2) is 23.0. The van der Waals surface area contributed by atoms with Gasteiger partial charge in [-0.05, 0) is 12.8 Å². The Bertz CT molecular complexity index is 154. The second-order valence-corrected chi connectivity index (χ2v) is 9.18. The second-order valence-electron chi connectivity index (χ2n) is 6.00. The van der Waals surface area contributed by atoms with Gasteiger partial charge >= 0.3 is 76.0 Å². The van der Waals surface area contributed by atoms with Crippen LogP contribution in [-0.2, 0) is 4.74 Å². The Hall–Kier alpha value is 0.759. The van der Waals surface area contributed by atoms with Crippen LogP contribution >= 0.6 is 0 Å². The minimum atomic E-state index is 0.0956. The van der Waals surface area contributed by atoms with Crippen molar-refractivity contribution in [1.82, 2.24) is 0 Å². The maximum absolute atomic E-state index is 5.44. The fourth-order valence-corrected chi connectivity index (χ4v) is 5.30. The van der Waals surface area contributed by atoms with E-state index in [0.29, 0.717) is 0 Å². The van der Waals surface area contributed by atoms with Crippen LogP contribution in [0.2, 0.25) is 9.38 Å². The molecule has 0 aromatic carbocycles. The molecule has 2 radical (unpaired) electrons. The smallest absolute Gasteiger partial charge is 0.0466 e. The average Bonchev–Trinajstić information content (AvgIpc) is 2.51. The Morgan fingerprint density at radius 3 is 1.67 bits per heavy atom. The fourth-order valence-electron chi connectivity index (χ4n) is 2.24. The molecule has 0 saturated carbocycles. The van der Waals surface area contributed by atoms with Gasteiger partial charge in [-0.2, -0.15) is 0 Å². The summed E-state index contributed by atoms with van der Waals surface area (Å²) in [4.78, 5) is 2.46. The van der Waals surface area contributed by atoms with Gasteiger partial charge in [0.2, 0.25) is 0 Å². The Kier molecular flexibility index (Phi) is 26.3. The van der Waals surface area contributed by atoms with Gasteiger partial charge < -0.3 is 4.74 Å². The van der Waals surface area contributed by atoms with E-state index in [4.69, 9.17) is 4.74 Å². The van der Waals surface area contributed by atoms with E-state index in [-0.39, 0.29) is 21.1 Å². The van der Waals surface area contributed by atoms with Gasteiger partial charge in [0.25, 0.3) is 0 Å². The number of ether oxygens (including phenoxy) is 1. The van der Waals surface area contributed by atoms with Crippen molar-refractivity contribution in [1.29, 1.82) is 0 Å². The third kappa shape index (κ3) is 23.2. The van der Waals surface area contributed by atoms with Crippen molar-refractivity contribution in [2.24, 2.45) is 5.92 Å². The van der Waals surface area contributed by atoms with Gasteiger partial charge in [-0.1, -0.05) is 39.5 Å². The molecule has 0 aliphatic carbocycles. The van der Waals surface area contributed by atoms with Crippen molar-refractivity contribution in [2.45, 2.75) is 101 Å². The first-order valence-electron chi connectivity index (χ1n) is 9.48. The van der Waals surface area contributed by atoms with Crippen molar-refractivity contribution in [2.75, 3.05) is 13.2 Å². The van der Waals surface area contributed by atoms with E-state index < -0.39 is 0 Å². The maximum Gasteiger partial charge on any atom is 0.0466 e. The van der Waals surface area contributed by atoms with Gasteiger partial charge in [-0.3, -0.25) is 0 Å². The maximum atomic E-state index is 5.44. The molecule has 1 atom stereocenters. The van der Waals surface area contributed by atoms with Gasteiger partial charge in [-0.25, -0.2) is 0 Å². The molecule has 0 spiro atoms.